The van der Waals surface area contributed by atoms with Crippen molar-refractivity contribution in [2.24, 2.45) is 5.73 Å². The molecular formula is C16H19ClN2O. The summed E-state index contributed by atoms with van der Waals surface area (Å²) in [6.45, 7) is 4.71. The second kappa shape index (κ2) is 6.73. The average molecular weight is 291 g/mol. The van der Waals surface area contributed by atoms with Crippen LogP contribution in [0.5, 0.6) is 5.75 Å². The molecule has 1 aromatic heterocycles. The maximum Gasteiger partial charge on any atom is 0.137 e. The quantitative estimate of drug-likeness (QED) is 0.909. The molecule has 1 aromatic carbocycles. The van der Waals surface area contributed by atoms with E-state index in [1.54, 1.807) is 12.4 Å². The van der Waals surface area contributed by atoms with Gasteiger partial charge in [-0.3, -0.25) is 4.98 Å². The van der Waals surface area contributed by atoms with Crippen molar-refractivity contribution in [1.82, 2.24) is 4.98 Å². The largest absolute Gasteiger partial charge is 0.492 e. The summed E-state index contributed by atoms with van der Waals surface area (Å²) in [5.74, 6) is 0.739. The van der Waals surface area contributed by atoms with Gasteiger partial charge in [-0.2, -0.15) is 0 Å². The Hall–Kier alpha value is -1.58. The SMILES string of the molecule is CCCOc1cncc(C(N)c2cccc(C)c2Cl)c1. The minimum atomic E-state index is -0.305. The van der Waals surface area contributed by atoms with E-state index in [4.69, 9.17) is 22.1 Å². The number of nitrogens with two attached hydrogens (primary N) is 1. The third-order valence-corrected chi connectivity index (χ3v) is 3.64. The van der Waals surface area contributed by atoms with Crippen molar-refractivity contribution in [2.45, 2.75) is 26.3 Å². The van der Waals surface area contributed by atoms with Crippen LogP contribution in [0.3, 0.4) is 0 Å². The van der Waals surface area contributed by atoms with Gasteiger partial charge in [0.15, 0.2) is 0 Å². The minimum Gasteiger partial charge on any atom is -0.492 e. The molecule has 0 saturated heterocycles. The minimum absolute atomic E-state index is 0.305. The topological polar surface area (TPSA) is 48.1 Å². The van der Waals surface area contributed by atoms with E-state index in [-0.39, 0.29) is 6.04 Å². The zero-order valence-corrected chi connectivity index (χ0v) is 12.5. The predicted octanol–water partition coefficient (Wildman–Crippen LogP) is 3.88. The number of aromatic nitrogens is 1. The molecule has 2 aromatic rings. The molecule has 0 amide bonds. The molecule has 0 saturated carbocycles. The maximum atomic E-state index is 6.33. The summed E-state index contributed by atoms with van der Waals surface area (Å²) in [5, 5.41) is 0.708. The maximum absolute atomic E-state index is 6.33. The Labute approximate surface area is 124 Å². The zero-order chi connectivity index (χ0) is 14.5. The first-order chi connectivity index (χ1) is 9.63. The highest BCUT2D eigenvalue weighted by Gasteiger charge is 2.14. The van der Waals surface area contributed by atoms with Gasteiger partial charge in [0.25, 0.3) is 0 Å². The van der Waals surface area contributed by atoms with Gasteiger partial charge in [-0.15, -0.1) is 0 Å². The Balaban J connectivity index is 2.28. The summed E-state index contributed by atoms with van der Waals surface area (Å²) in [5.41, 5.74) is 9.12. The van der Waals surface area contributed by atoms with E-state index in [2.05, 4.69) is 11.9 Å². The number of hydrogen-bond acceptors (Lipinski definition) is 3. The van der Waals surface area contributed by atoms with Crippen LogP contribution in [0.15, 0.2) is 36.7 Å². The molecule has 106 valence electrons. The van der Waals surface area contributed by atoms with Gasteiger partial charge in [-0.25, -0.2) is 0 Å². The lowest BCUT2D eigenvalue weighted by molar-refractivity contribution is 0.315. The molecule has 1 heterocycles. The number of rotatable bonds is 5. The van der Waals surface area contributed by atoms with Crippen molar-refractivity contribution in [3.8, 4) is 5.75 Å². The lowest BCUT2D eigenvalue weighted by atomic mass is 9.99. The van der Waals surface area contributed by atoms with E-state index in [0.717, 1.165) is 28.9 Å². The first-order valence-corrected chi connectivity index (χ1v) is 7.09. The molecule has 0 aliphatic carbocycles. The van der Waals surface area contributed by atoms with Crippen LogP contribution in [0.4, 0.5) is 0 Å². The van der Waals surface area contributed by atoms with Crippen molar-refractivity contribution in [2.75, 3.05) is 6.61 Å². The number of nitrogens with zero attached hydrogens (tertiary/aromatic N) is 1. The van der Waals surface area contributed by atoms with E-state index in [1.807, 2.05) is 31.2 Å². The smallest absolute Gasteiger partial charge is 0.137 e. The third-order valence-electron chi connectivity index (χ3n) is 3.12. The summed E-state index contributed by atoms with van der Waals surface area (Å²) < 4.78 is 5.58. The second-order valence-electron chi connectivity index (χ2n) is 4.76. The van der Waals surface area contributed by atoms with Crippen LogP contribution in [-0.4, -0.2) is 11.6 Å². The number of pyridine rings is 1. The van der Waals surface area contributed by atoms with Crippen LogP contribution in [0.25, 0.3) is 0 Å². The van der Waals surface area contributed by atoms with Crippen LogP contribution >= 0.6 is 11.6 Å². The standard InChI is InChI=1S/C16H19ClN2O/c1-3-7-20-13-8-12(9-19-10-13)16(18)14-6-4-5-11(2)15(14)17/h4-6,8-10,16H,3,7,18H2,1-2H3. The van der Waals surface area contributed by atoms with Crippen molar-refractivity contribution >= 4 is 11.6 Å². The van der Waals surface area contributed by atoms with Crippen LogP contribution in [0.2, 0.25) is 5.02 Å². The molecule has 3 nitrogen and oxygen atoms in total. The van der Waals surface area contributed by atoms with Crippen LogP contribution in [-0.2, 0) is 0 Å². The van der Waals surface area contributed by atoms with Gasteiger partial charge in [0.1, 0.15) is 5.75 Å². The van der Waals surface area contributed by atoms with Crippen LogP contribution in [0, 0.1) is 6.92 Å². The number of hydrogen-bond donors (Lipinski definition) is 1. The summed E-state index contributed by atoms with van der Waals surface area (Å²) in [4.78, 5) is 4.19. The van der Waals surface area contributed by atoms with Crippen molar-refractivity contribution in [1.29, 1.82) is 0 Å². The van der Waals surface area contributed by atoms with E-state index >= 15 is 0 Å². The second-order valence-corrected chi connectivity index (χ2v) is 5.14. The van der Waals surface area contributed by atoms with Gasteiger partial charge in [0.05, 0.1) is 18.8 Å². The van der Waals surface area contributed by atoms with E-state index < -0.39 is 0 Å². The molecule has 2 N–H and O–H groups in total. The molecule has 4 heteroatoms. The molecule has 1 unspecified atom stereocenters. The van der Waals surface area contributed by atoms with Crippen molar-refractivity contribution in [3.05, 3.63) is 58.4 Å². The zero-order valence-electron chi connectivity index (χ0n) is 11.8. The Morgan fingerprint density at radius 1 is 1.35 bits per heavy atom. The summed E-state index contributed by atoms with van der Waals surface area (Å²) in [6.07, 6.45) is 4.41. The normalized spacial score (nSPS) is 12.2. The Morgan fingerprint density at radius 3 is 2.90 bits per heavy atom. The van der Waals surface area contributed by atoms with Crippen molar-refractivity contribution in [3.63, 3.8) is 0 Å². The summed E-state index contributed by atoms with van der Waals surface area (Å²) in [7, 11) is 0. The van der Waals surface area contributed by atoms with Crippen molar-refractivity contribution < 1.29 is 4.74 Å². The van der Waals surface area contributed by atoms with Gasteiger partial charge >= 0.3 is 0 Å². The van der Waals surface area contributed by atoms with Gasteiger partial charge in [0, 0.05) is 11.2 Å². The van der Waals surface area contributed by atoms with E-state index in [0.29, 0.717) is 11.6 Å². The monoisotopic (exact) mass is 290 g/mol. The molecule has 0 radical (unpaired) electrons. The van der Waals surface area contributed by atoms with Crippen LogP contribution in [0.1, 0.15) is 36.1 Å². The van der Waals surface area contributed by atoms with E-state index in [1.165, 1.54) is 0 Å². The molecular weight excluding hydrogens is 272 g/mol. The van der Waals surface area contributed by atoms with Gasteiger partial charge in [-0.05, 0) is 36.1 Å². The van der Waals surface area contributed by atoms with Gasteiger partial charge in [0.2, 0.25) is 0 Å². The first kappa shape index (κ1) is 14.8. The number of benzene rings is 1. The predicted molar refractivity (Wildman–Crippen MR) is 82.2 cm³/mol. The molecule has 1 atom stereocenters. The lowest BCUT2D eigenvalue weighted by Gasteiger charge is -2.16. The molecule has 0 spiro atoms. The molecule has 0 aliphatic heterocycles. The average Bonchev–Trinajstić information content (AvgIpc) is 2.47. The first-order valence-electron chi connectivity index (χ1n) is 6.71. The lowest BCUT2D eigenvalue weighted by Crippen LogP contribution is -2.13. The fourth-order valence-electron chi connectivity index (χ4n) is 1.99. The van der Waals surface area contributed by atoms with Crippen LogP contribution < -0.4 is 10.5 Å². The third kappa shape index (κ3) is 3.30. The Morgan fingerprint density at radius 2 is 2.15 bits per heavy atom. The highest BCUT2D eigenvalue weighted by Crippen LogP contribution is 2.29. The molecule has 0 bridgehead atoms. The molecule has 0 aliphatic rings. The van der Waals surface area contributed by atoms with Gasteiger partial charge in [-0.1, -0.05) is 36.7 Å². The fraction of sp³-hybridized carbons (Fsp3) is 0.312. The molecule has 20 heavy (non-hydrogen) atoms. The van der Waals surface area contributed by atoms with E-state index in [9.17, 15) is 0 Å². The molecule has 0 fully saturated rings. The Bertz CT molecular complexity index is 586. The Kier molecular flexibility index (Phi) is 4.99. The summed E-state index contributed by atoms with van der Waals surface area (Å²) in [6, 6.07) is 7.49. The number of halogens is 1. The fourth-order valence-corrected chi connectivity index (χ4v) is 2.24. The summed E-state index contributed by atoms with van der Waals surface area (Å²) >= 11 is 6.33. The highest BCUT2D eigenvalue weighted by atomic mass is 35.5. The molecule has 2 rings (SSSR count). The number of aryl methyl sites for hydroxylation is 1. The number of ether oxygens (including phenoxy) is 1. The highest BCUT2D eigenvalue weighted by molar-refractivity contribution is 6.32. The van der Waals surface area contributed by atoms with Gasteiger partial charge < -0.3 is 10.5 Å².